The van der Waals surface area contributed by atoms with E-state index in [1.807, 2.05) is 53.4 Å². The zero-order valence-corrected chi connectivity index (χ0v) is 18.4. The molecule has 9 heteroatoms. The average Bonchev–Trinajstić information content (AvgIpc) is 2.81. The Bertz CT molecular complexity index is 765. The molecule has 0 aromatic carbocycles. The summed E-state index contributed by atoms with van der Waals surface area (Å²) in [7, 11) is -0.466. The predicted molar refractivity (Wildman–Crippen MR) is 110 cm³/mol. The summed E-state index contributed by atoms with van der Waals surface area (Å²) in [5.41, 5.74) is -0.455. The van der Waals surface area contributed by atoms with Crippen LogP contribution >= 0.6 is 0 Å². The molecule has 5 heterocycles. The molecular formula is C20H31BN4O4. The highest BCUT2D eigenvalue weighted by atomic mass is 16.7. The molecule has 2 unspecified atom stereocenters. The molecule has 0 spiro atoms. The number of nitrogens with zero attached hydrogens (tertiary/aromatic N) is 4. The summed E-state index contributed by atoms with van der Waals surface area (Å²) in [6.45, 7) is 15.2. The lowest BCUT2D eigenvalue weighted by Gasteiger charge is -2.55. The number of carbonyl (C=O) groups is 1. The van der Waals surface area contributed by atoms with E-state index in [0.717, 1.165) is 11.9 Å². The molecule has 2 bridgehead atoms. The first kappa shape index (κ1) is 20.4. The minimum absolute atomic E-state index is 0.148. The standard InChI is InChI=1S/C20H31BN4O4/c1-18(2,3)27-17(26)25-14-8-15(25)12-24(11-14)16-22-9-13(10-23-16)21-28-19(4,5)20(6,7)29-21/h9-10,14-15H,8,11-12H2,1-7H3. The first-order valence-corrected chi connectivity index (χ1v) is 10.3. The summed E-state index contributed by atoms with van der Waals surface area (Å²) >= 11 is 0. The summed E-state index contributed by atoms with van der Waals surface area (Å²) in [4.78, 5) is 25.5. The lowest BCUT2D eigenvalue weighted by molar-refractivity contribution is -0.0381. The van der Waals surface area contributed by atoms with E-state index in [4.69, 9.17) is 14.0 Å². The Morgan fingerprint density at radius 2 is 1.62 bits per heavy atom. The van der Waals surface area contributed by atoms with Crippen LogP contribution in [-0.4, -0.2) is 70.1 Å². The number of piperazine rings is 1. The summed E-state index contributed by atoms with van der Waals surface area (Å²) in [6.07, 6.45) is 4.32. The van der Waals surface area contributed by atoms with Gasteiger partial charge in [-0.25, -0.2) is 14.8 Å². The van der Waals surface area contributed by atoms with Gasteiger partial charge in [-0.2, -0.15) is 0 Å². The highest BCUT2D eigenvalue weighted by molar-refractivity contribution is 6.61. The number of hydrogen-bond acceptors (Lipinski definition) is 7. The topological polar surface area (TPSA) is 77.0 Å². The van der Waals surface area contributed by atoms with Crippen molar-refractivity contribution in [1.29, 1.82) is 0 Å². The fourth-order valence-electron chi connectivity index (χ4n) is 3.98. The van der Waals surface area contributed by atoms with Crippen molar-refractivity contribution in [2.75, 3.05) is 18.0 Å². The summed E-state index contributed by atoms with van der Waals surface area (Å²) < 4.78 is 17.7. The van der Waals surface area contributed by atoms with Crippen LogP contribution in [0.15, 0.2) is 12.4 Å². The van der Waals surface area contributed by atoms with Crippen LogP contribution in [0, 0.1) is 0 Å². The number of amides is 1. The fourth-order valence-corrected chi connectivity index (χ4v) is 3.98. The smallest absolute Gasteiger partial charge is 0.444 e. The van der Waals surface area contributed by atoms with Crippen LogP contribution in [-0.2, 0) is 14.0 Å². The van der Waals surface area contributed by atoms with Crippen LogP contribution in [0.1, 0.15) is 54.9 Å². The van der Waals surface area contributed by atoms with Crippen molar-refractivity contribution in [1.82, 2.24) is 14.9 Å². The molecule has 0 saturated carbocycles. The van der Waals surface area contributed by atoms with E-state index >= 15 is 0 Å². The second kappa shape index (κ2) is 6.57. The van der Waals surface area contributed by atoms with E-state index < -0.39 is 23.9 Å². The van der Waals surface area contributed by atoms with Gasteiger partial charge in [0.05, 0.1) is 23.3 Å². The molecule has 4 aliphatic rings. The molecule has 4 saturated heterocycles. The third-order valence-corrected chi connectivity index (χ3v) is 6.26. The Morgan fingerprint density at radius 1 is 1.10 bits per heavy atom. The maximum absolute atomic E-state index is 12.4. The molecule has 2 atom stereocenters. The van der Waals surface area contributed by atoms with Crippen molar-refractivity contribution in [3.05, 3.63) is 12.4 Å². The van der Waals surface area contributed by atoms with E-state index in [-0.39, 0.29) is 18.2 Å². The number of hydrogen-bond donors (Lipinski definition) is 0. The molecule has 4 fully saturated rings. The number of ether oxygens (including phenoxy) is 1. The summed E-state index contributed by atoms with van der Waals surface area (Å²) in [5.74, 6) is 0.670. The third kappa shape index (κ3) is 3.70. The lowest BCUT2D eigenvalue weighted by atomic mass is 9.81. The second-order valence-electron chi connectivity index (χ2n) is 10.2. The van der Waals surface area contributed by atoms with Gasteiger partial charge < -0.3 is 18.9 Å². The van der Waals surface area contributed by atoms with Crippen LogP contribution in [0.3, 0.4) is 0 Å². The Morgan fingerprint density at radius 3 is 2.10 bits per heavy atom. The maximum atomic E-state index is 12.4. The quantitative estimate of drug-likeness (QED) is 0.700. The van der Waals surface area contributed by atoms with Gasteiger partial charge in [0.15, 0.2) is 0 Å². The van der Waals surface area contributed by atoms with Gasteiger partial charge in [-0.15, -0.1) is 0 Å². The van der Waals surface area contributed by atoms with Crippen LogP contribution in [0.5, 0.6) is 0 Å². The van der Waals surface area contributed by atoms with Gasteiger partial charge in [0.1, 0.15) is 5.60 Å². The summed E-state index contributed by atoms with van der Waals surface area (Å²) in [5, 5.41) is 0. The van der Waals surface area contributed by atoms with Gasteiger partial charge in [0, 0.05) is 30.9 Å². The molecule has 4 aliphatic heterocycles. The maximum Gasteiger partial charge on any atom is 0.498 e. The van der Waals surface area contributed by atoms with Crippen molar-refractivity contribution < 1.29 is 18.8 Å². The van der Waals surface area contributed by atoms with Crippen LogP contribution in [0.25, 0.3) is 0 Å². The Kier molecular flexibility index (Phi) is 4.62. The van der Waals surface area contributed by atoms with Crippen molar-refractivity contribution in [3.63, 3.8) is 0 Å². The van der Waals surface area contributed by atoms with Crippen LogP contribution < -0.4 is 10.4 Å². The monoisotopic (exact) mass is 402 g/mol. The largest absolute Gasteiger partial charge is 0.498 e. The predicted octanol–water partition coefficient (Wildman–Crippen LogP) is 1.97. The number of anilines is 1. The first-order valence-electron chi connectivity index (χ1n) is 10.3. The van der Waals surface area contributed by atoms with Gasteiger partial charge in [0.2, 0.25) is 5.95 Å². The van der Waals surface area contributed by atoms with E-state index in [9.17, 15) is 4.79 Å². The Labute approximate surface area is 173 Å². The number of carbonyl (C=O) groups excluding carboxylic acids is 1. The van der Waals surface area contributed by atoms with Crippen molar-refractivity contribution in [2.24, 2.45) is 0 Å². The minimum Gasteiger partial charge on any atom is -0.444 e. The van der Waals surface area contributed by atoms with E-state index in [0.29, 0.717) is 19.0 Å². The molecule has 0 aliphatic carbocycles. The second-order valence-corrected chi connectivity index (χ2v) is 10.2. The molecule has 1 amide bonds. The van der Waals surface area contributed by atoms with E-state index in [1.54, 1.807) is 12.4 Å². The SMILES string of the molecule is CC(C)(C)OC(=O)N1C2CC1CN(c1ncc(B3OC(C)(C)C(C)(C)O3)cn1)C2. The normalized spacial score (nSPS) is 27.6. The van der Waals surface area contributed by atoms with Crippen molar-refractivity contribution in [3.8, 4) is 0 Å². The van der Waals surface area contributed by atoms with Gasteiger partial charge in [-0.1, -0.05) is 0 Å². The Balaban J connectivity index is 1.39. The van der Waals surface area contributed by atoms with E-state index in [1.165, 1.54) is 0 Å². The number of fused-ring (bicyclic) bond motifs is 2. The number of rotatable bonds is 2. The molecule has 1 aromatic heterocycles. The molecule has 0 radical (unpaired) electrons. The van der Waals surface area contributed by atoms with Crippen LogP contribution in [0.4, 0.5) is 10.7 Å². The average molecular weight is 402 g/mol. The van der Waals surface area contributed by atoms with Gasteiger partial charge in [0.25, 0.3) is 0 Å². The summed E-state index contributed by atoms with van der Waals surface area (Å²) in [6, 6.07) is 0.296. The number of aromatic nitrogens is 2. The molecule has 5 rings (SSSR count). The molecule has 0 N–H and O–H groups in total. The first-order chi connectivity index (χ1) is 13.4. The zero-order chi connectivity index (χ0) is 21.2. The van der Waals surface area contributed by atoms with Crippen LogP contribution in [0.2, 0.25) is 0 Å². The molecule has 158 valence electrons. The molecular weight excluding hydrogens is 371 g/mol. The van der Waals surface area contributed by atoms with E-state index in [2.05, 4.69) is 14.9 Å². The Hall–Kier alpha value is -1.87. The highest BCUT2D eigenvalue weighted by Crippen LogP contribution is 2.37. The highest BCUT2D eigenvalue weighted by Gasteiger charge is 2.52. The third-order valence-electron chi connectivity index (χ3n) is 6.26. The van der Waals surface area contributed by atoms with Gasteiger partial charge in [-0.05, 0) is 54.9 Å². The van der Waals surface area contributed by atoms with Crippen molar-refractivity contribution >= 4 is 24.6 Å². The zero-order valence-electron chi connectivity index (χ0n) is 18.4. The van der Waals surface area contributed by atoms with Gasteiger partial charge in [-0.3, -0.25) is 4.90 Å². The lowest BCUT2D eigenvalue weighted by Crippen LogP contribution is -2.70. The van der Waals surface area contributed by atoms with Crippen molar-refractivity contribution in [2.45, 2.75) is 83.8 Å². The molecule has 1 aromatic rings. The number of piperidine rings is 1. The minimum atomic E-state index is -0.479. The van der Waals surface area contributed by atoms with Gasteiger partial charge >= 0.3 is 13.2 Å². The molecule has 8 nitrogen and oxygen atoms in total. The molecule has 29 heavy (non-hydrogen) atoms. The fraction of sp³-hybridized carbons (Fsp3) is 0.750.